The summed E-state index contributed by atoms with van der Waals surface area (Å²) in [5, 5.41) is 23.7. The zero-order valence-corrected chi connectivity index (χ0v) is 37.8. The molecule has 0 aromatic heterocycles. The molecule has 332 valence electrons. The number of rotatable bonds is 45. The second-order valence-electron chi connectivity index (χ2n) is 17.2. The fourth-order valence-corrected chi connectivity index (χ4v) is 7.78. The highest BCUT2D eigenvalue weighted by molar-refractivity contribution is 5.77. The molecule has 3 N–H and O–H groups in total. The van der Waals surface area contributed by atoms with E-state index in [1.807, 2.05) is 0 Å². The van der Waals surface area contributed by atoms with Gasteiger partial charge in [0, 0.05) is 6.42 Å². The number of hydrogen-bond donors (Lipinski definition) is 3. The third kappa shape index (κ3) is 39.4. The molecule has 0 saturated carbocycles. The number of aliphatic hydroxyl groups is 2. The van der Waals surface area contributed by atoms with E-state index in [2.05, 4.69) is 38.2 Å². The molecule has 0 fully saturated rings. The van der Waals surface area contributed by atoms with Gasteiger partial charge in [-0.3, -0.25) is 9.59 Å². The van der Waals surface area contributed by atoms with Crippen LogP contribution in [0.15, 0.2) is 12.2 Å². The molecule has 0 heterocycles. The fourth-order valence-electron chi connectivity index (χ4n) is 7.78. The summed E-state index contributed by atoms with van der Waals surface area (Å²) < 4.78 is 5.90. The van der Waals surface area contributed by atoms with Crippen LogP contribution < -0.4 is 5.32 Å². The lowest BCUT2D eigenvalue weighted by atomic mass is 10.0. The van der Waals surface area contributed by atoms with Crippen LogP contribution in [0.2, 0.25) is 0 Å². The summed E-state index contributed by atoms with van der Waals surface area (Å²) in [6, 6.07) is -0.702. The van der Waals surface area contributed by atoms with E-state index in [0.29, 0.717) is 19.3 Å². The molecule has 0 saturated heterocycles. The molecule has 0 rings (SSSR count). The third-order valence-corrected chi connectivity index (χ3v) is 11.6. The van der Waals surface area contributed by atoms with Crippen LogP contribution >= 0.6 is 0 Å². The van der Waals surface area contributed by atoms with E-state index in [1.54, 1.807) is 0 Å². The monoisotopic (exact) mass is 792 g/mol. The van der Waals surface area contributed by atoms with Crippen LogP contribution in [0.1, 0.15) is 271 Å². The molecule has 0 spiro atoms. The lowest BCUT2D eigenvalue weighted by molar-refractivity contribution is -0.151. The van der Waals surface area contributed by atoms with E-state index < -0.39 is 18.2 Å². The minimum absolute atomic E-state index is 0.0633. The fraction of sp³-hybridized carbons (Fsp3) is 0.920. The van der Waals surface area contributed by atoms with Crippen molar-refractivity contribution in [1.29, 1.82) is 0 Å². The smallest absolute Gasteiger partial charge is 0.306 e. The summed E-state index contributed by atoms with van der Waals surface area (Å²) in [7, 11) is 0. The Bertz CT molecular complexity index is 847. The maximum absolute atomic E-state index is 13.1. The van der Waals surface area contributed by atoms with Crippen molar-refractivity contribution in [2.45, 2.75) is 289 Å². The topological polar surface area (TPSA) is 95.9 Å². The lowest BCUT2D eigenvalue weighted by Gasteiger charge is -2.24. The van der Waals surface area contributed by atoms with E-state index in [0.717, 1.165) is 51.4 Å². The number of hydrogen-bond acceptors (Lipinski definition) is 5. The third-order valence-electron chi connectivity index (χ3n) is 11.6. The Kier molecular flexibility index (Phi) is 43.6. The number of carbonyl (C=O) groups excluding carboxylic acids is 2. The van der Waals surface area contributed by atoms with Gasteiger partial charge in [0.15, 0.2) is 0 Å². The molecule has 0 aromatic rings. The van der Waals surface area contributed by atoms with E-state index in [-0.39, 0.29) is 24.9 Å². The molecule has 3 unspecified atom stereocenters. The number of amides is 1. The predicted octanol–water partition coefficient (Wildman–Crippen LogP) is 14.6. The van der Waals surface area contributed by atoms with E-state index in [1.165, 1.54) is 173 Å². The van der Waals surface area contributed by atoms with Crippen molar-refractivity contribution >= 4 is 11.9 Å². The Labute approximate surface area is 349 Å². The molecule has 0 aromatic carbocycles. The zero-order chi connectivity index (χ0) is 41.0. The Morgan fingerprint density at radius 2 is 0.875 bits per heavy atom. The van der Waals surface area contributed by atoms with Gasteiger partial charge in [-0.15, -0.1) is 0 Å². The number of aliphatic hydroxyl groups excluding tert-OH is 2. The Balaban J connectivity index is 4.54. The molecular weight excluding hydrogens is 695 g/mol. The molecule has 1 amide bonds. The van der Waals surface area contributed by atoms with Crippen LogP contribution in [0, 0.1) is 0 Å². The van der Waals surface area contributed by atoms with E-state index in [4.69, 9.17) is 4.74 Å². The molecule has 0 radical (unpaired) electrons. The van der Waals surface area contributed by atoms with Gasteiger partial charge in [-0.05, 0) is 44.9 Å². The quantitative estimate of drug-likeness (QED) is 0.0324. The highest BCUT2D eigenvalue weighted by Crippen LogP contribution is 2.17. The van der Waals surface area contributed by atoms with Crippen molar-refractivity contribution in [2.24, 2.45) is 0 Å². The van der Waals surface area contributed by atoms with Crippen LogP contribution in [0.3, 0.4) is 0 Å². The molecule has 0 aliphatic carbocycles. The van der Waals surface area contributed by atoms with Crippen molar-refractivity contribution in [1.82, 2.24) is 5.32 Å². The van der Waals surface area contributed by atoms with Gasteiger partial charge in [0.25, 0.3) is 0 Å². The molecule has 56 heavy (non-hydrogen) atoms. The molecular formula is C50H97NO5. The van der Waals surface area contributed by atoms with Gasteiger partial charge in [-0.1, -0.05) is 226 Å². The SMILES string of the molecule is CCCCCCCCC/C=C\CCCC(CC(=O)NC(CO)C(O)CCCCCCCCCCCCCCCC)OC(=O)CCCCCCCCCCCCC. The largest absolute Gasteiger partial charge is 0.462 e. The average Bonchev–Trinajstić information content (AvgIpc) is 3.19. The highest BCUT2D eigenvalue weighted by Gasteiger charge is 2.24. The number of allylic oxidation sites excluding steroid dienone is 2. The van der Waals surface area contributed by atoms with Gasteiger partial charge < -0.3 is 20.3 Å². The number of nitrogens with one attached hydrogen (secondary N) is 1. The van der Waals surface area contributed by atoms with Crippen LogP contribution in [0.4, 0.5) is 0 Å². The first-order chi connectivity index (χ1) is 27.5. The summed E-state index contributed by atoms with van der Waals surface area (Å²) in [5.41, 5.74) is 0. The number of carbonyl (C=O) groups is 2. The summed E-state index contributed by atoms with van der Waals surface area (Å²) in [6.07, 6.45) is 48.4. The van der Waals surface area contributed by atoms with Crippen LogP contribution in [0.25, 0.3) is 0 Å². The van der Waals surface area contributed by atoms with Crippen LogP contribution in [-0.4, -0.2) is 46.9 Å². The summed E-state index contributed by atoms with van der Waals surface area (Å²) >= 11 is 0. The second kappa shape index (κ2) is 44.7. The normalized spacial score (nSPS) is 13.3. The first kappa shape index (κ1) is 54.6. The van der Waals surface area contributed by atoms with Crippen molar-refractivity contribution in [3.05, 3.63) is 12.2 Å². The Hall–Kier alpha value is -1.40. The predicted molar refractivity (Wildman–Crippen MR) is 241 cm³/mol. The summed E-state index contributed by atoms with van der Waals surface area (Å²) in [5.74, 6) is -0.490. The Morgan fingerprint density at radius 1 is 0.500 bits per heavy atom. The van der Waals surface area contributed by atoms with Gasteiger partial charge in [-0.25, -0.2) is 0 Å². The molecule has 3 atom stereocenters. The van der Waals surface area contributed by atoms with Crippen molar-refractivity contribution in [3.8, 4) is 0 Å². The Morgan fingerprint density at radius 3 is 1.30 bits per heavy atom. The first-order valence-corrected chi connectivity index (χ1v) is 24.9. The summed E-state index contributed by atoms with van der Waals surface area (Å²) in [6.45, 7) is 6.48. The second-order valence-corrected chi connectivity index (χ2v) is 17.2. The maximum Gasteiger partial charge on any atom is 0.306 e. The van der Waals surface area contributed by atoms with Crippen molar-refractivity contribution in [3.63, 3.8) is 0 Å². The van der Waals surface area contributed by atoms with Gasteiger partial charge in [0.1, 0.15) is 6.10 Å². The molecule has 0 bridgehead atoms. The molecule has 6 heteroatoms. The number of ether oxygens (including phenoxy) is 1. The van der Waals surface area contributed by atoms with Gasteiger partial charge in [0.2, 0.25) is 5.91 Å². The van der Waals surface area contributed by atoms with Crippen LogP contribution in [-0.2, 0) is 14.3 Å². The lowest BCUT2D eigenvalue weighted by Crippen LogP contribution is -2.46. The average molecular weight is 792 g/mol. The van der Waals surface area contributed by atoms with Gasteiger partial charge in [0.05, 0.1) is 25.2 Å². The maximum atomic E-state index is 13.1. The van der Waals surface area contributed by atoms with E-state index in [9.17, 15) is 19.8 Å². The number of esters is 1. The standard InChI is InChI=1S/C50H97NO5/c1-4-7-10-13-16-19-22-24-25-28-30-33-36-39-42-48(53)47(45-52)51-49(54)44-46(41-38-35-32-29-27-23-20-17-14-11-8-5-2)56-50(55)43-40-37-34-31-26-21-18-15-12-9-6-3/h29,32,46-48,52-53H,4-28,30-31,33-45H2,1-3H3,(H,51,54)/b32-29-. The molecule has 0 aliphatic rings. The zero-order valence-electron chi connectivity index (χ0n) is 37.8. The first-order valence-electron chi connectivity index (χ1n) is 24.9. The van der Waals surface area contributed by atoms with E-state index >= 15 is 0 Å². The minimum Gasteiger partial charge on any atom is -0.462 e. The molecule has 6 nitrogen and oxygen atoms in total. The van der Waals surface area contributed by atoms with Crippen LogP contribution in [0.5, 0.6) is 0 Å². The van der Waals surface area contributed by atoms with Crippen molar-refractivity contribution in [2.75, 3.05) is 6.61 Å². The summed E-state index contributed by atoms with van der Waals surface area (Å²) in [4.78, 5) is 26.0. The minimum atomic E-state index is -0.787. The molecule has 0 aliphatic heterocycles. The van der Waals surface area contributed by atoms with Crippen molar-refractivity contribution < 1.29 is 24.5 Å². The number of unbranched alkanes of at least 4 members (excludes halogenated alkanes) is 31. The van der Waals surface area contributed by atoms with Gasteiger partial charge >= 0.3 is 5.97 Å². The highest BCUT2D eigenvalue weighted by atomic mass is 16.5. The van der Waals surface area contributed by atoms with Gasteiger partial charge in [-0.2, -0.15) is 0 Å².